The zero-order valence-corrected chi connectivity index (χ0v) is 10.2. The Hall–Kier alpha value is -2.07. The molecular weight excluding hydrogens is 248 g/mol. The number of rotatable bonds is 4. The molecule has 0 aliphatic carbocycles. The topological polar surface area (TPSA) is 54.4 Å². The fourth-order valence-electron chi connectivity index (χ4n) is 1.51. The highest BCUT2D eigenvalue weighted by molar-refractivity contribution is 7.99. The molecule has 0 fully saturated rings. The van der Waals surface area contributed by atoms with E-state index in [0.717, 1.165) is 11.2 Å². The van der Waals surface area contributed by atoms with E-state index in [2.05, 4.69) is 0 Å². The highest BCUT2D eigenvalue weighted by Gasteiger charge is 2.10. The largest absolute Gasteiger partial charge is 0.478 e. The van der Waals surface area contributed by atoms with Crippen LogP contribution in [0.5, 0.6) is 0 Å². The number of carboxylic acids is 1. The Morgan fingerprint density at radius 3 is 2.61 bits per heavy atom. The lowest BCUT2D eigenvalue weighted by atomic mass is 10.2. The molecule has 90 valence electrons. The summed E-state index contributed by atoms with van der Waals surface area (Å²) in [6, 6.07) is 13.9. The van der Waals surface area contributed by atoms with Crippen LogP contribution >= 0.6 is 11.8 Å². The molecule has 0 saturated heterocycles. The van der Waals surface area contributed by atoms with Crippen LogP contribution in [-0.4, -0.2) is 17.4 Å². The third kappa shape index (κ3) is 2.78. The number of carbonyl (C=O) groups excluding carboxylic acids is 1. The van der Waals surface area contributed by atoms with E-state index in [1.165, 1.54) is 11.8 Å². The van der Waals surface area contributed by atoms with Crippen molar-refractivity contribution in [2.75, 3.05) is 0 Å². The first-order chi connectivity index (χ1) is 8.70. The predicted octanol–water partition coefficient (Wildman–Crippen LogP) is 3.35. The number of hydrogen-bond donors (Lipinski definition) is 1. The van der Waals surface area contributed by atoms with Crippen LogP contribution in [0, 0.1) is 0 Å². The smallest absolute Gasteiger partial charge is 0.336 e. The minimum absolute atomic E-state index is 0.263. The summed E-state index contributed by atoms with van der Waals surface area (Å²) >= 11 is 1.33. The summed E-state index contributed by atoms with van der Waals surface area (Å²) in [6.07, 6.45) is 0.771. The molecule has 0 saturated carbocycles. The maximum atomic E-state index is 11.1. The van der Waals surface area contributed by atoms with E-state index in [9.17, 15) is 9.59 Å². The molecule has 2 rings (SSSR count). The van der Waals surface area contributed by atoms with Crippen molar-refractivity contribution < 1.29 is 14.7 Å². The van der Waals surface area contributed by atoms with Crippen LogP contribution in [0.25, 0.3) is 0 Å². The SMILES string of the molecule is O=Cc1cccc(Sc2ccccc2C(=O)O)c1. The molecule has 0 unspecified atom stereocenters. The molecule has 0 radical (unpaired) electrons. The Bertz CT molecular complexity index is 593. The van der Waals surface area contributed by atoms with Gasteiger partial charge in [-0.3, -0.25) is 4.79 Å². The molecule has 0 heterocycles. The van der Waals surface area contributed by atoms with Crippen molar-refractivity contribution in [2.24, 2.45) is 0 Å². The second-order valence-electron chi connectivity index (χ2n) is 3.59. The molecule has 0 aliphatic heterocycles. The van der Waals surface area contributed by atoms with E-state index >= 15 is 0 Å². The highest BCUT2D eigenvalue weighted by Crippen LogP contribution is 2.30. The number of carbonyl (C=O) groups is 2. The van der Waals surface area contributed by atoms with Gasteiger partial charge in [0.2, 0.25) is 0 Å². The first-order valence-electron chi connectivity index (χ1n) is 5.26. The molecule has 0 atom stereocenters. The molecule has 3 nitrogen and oxygen atoms in total. The van der Waals surface area contributed by atoms with Gasteiger partial charge in [-0.1, -0.05) is 36.0 Å². The average molecular weight is 258 g/mol. The number of carboxylic acid groups (broad SMARTS) is 1. The summed E-state index contributed by atoms with van der Waals surface area (Å²) < 4.78 is 0. The Morgan fingerprint density at radius 2 is 1.89 bits per heavy atom. The van der Waals surface area contributed by atoms with Gasteiger partial charge in [0, 0.05) is 15.4 Å². The van der Waals surface area contributed by atoms with Crippen molar-refractivity contribution in [2.45, 2.75) is 9.79 Å². The zero-order valence-electron chi connectivity index (χ0n) is 9.37. The van der Waals surface area contributed by atoms with Gasteiger partial charge in [0.25, 0.3) is 0 Å². The molecule has 0 aromatic heterocycles. The maximum absolute atomic E-state index is 11.1. The summed E-state index contributed by atoms with van der Waals surface area (Å²) in [5, 5.41) is 9.07. The van der Waals surface area contributed by atoms with Crippen LogP contribution in [-0.2, 0) is 0 Å². The van der Waals surface area contributed by atoms with Gasteiger partial charge in [-0.05, 0) is 24.3 Å². The molecule has 0 aliphatic rings. The molecule has 1 N–H and O–H groups in total. The molecule has 2 aromatic rings. The van der Waals surface area contributed by atoms with Gasteiger partial charge in [-0.25, -0.2) is 4.79 Å². The number of aromatic carboxylic acids is 1. The molecular formula is C14H10O3S. The lowest BCUT2D eigenvalue weighted by Crippen LogP contribution is -1.97. The lowest BCUT2D eigenvalue weighted by Gasteiger charge is -2.05. The number of benzene rings is 2. The predicted molar refractivity (Wildman–Crippen MR) is 69.4 cm³/mol. The quantitative estimate of drug-likeness (QED) is 0.854. The fourth-order valence-corrected chi connectivity index (χ4v) is 2.52. The first-order valence-corrected chi connectivity index (χ1v) is 6.08. The van der Waals surface area contributed by atoms with Crippen molar-refractivity contribution in [1.29, 1.82) is 0 Å². The highest BCUT2D eigenvalue weighted by atomic mass is 32.2. The Labute approximate surface area is 108 Å². The van der Waals surface area contributed by atoms with Crippen LogP contribution in [0.3, 0.4) is 0 Å². The second-order valence-corrected chi connectivity index (χ2v) is 4.71. The number of hydrogen-bond acceptors (Lipinski definition) is 3. The maximum Gasteiger partial charge on any atom is 0.336 e. The Morgan fingerprint density at radius 1 is 1.11 bits per heavy atom. The average Bonchev–Trinajstić information content (AvgIpc) is 2.39. The van der Waals surface area contributed by atoms with Gasteiger partial charge >= 0.3 is 5.97 Å². The van der Waals surface area contributed by atoms with Gasteiger partial charge in [-0.15, -0.1) is 0 Å². The monoisotopic (exact) mass is 258 g/mol. The second kappa shape index (κ2) is 5.51. The zero-order chi connectivity index (χ0) is 13.0. The standard InChI is InChI=1S/C14H10O3S/c15-9-10-4-3-5-11(8-10)18-13-7-2-1-6-12(13)14(16)17/h1-9H,(H,16,17). The summed E-state index contributed by atoms with van der Waals surface area (Å²) in [6.45, 7) is 0. The van der Waals surface area contributed by atoms with E-state index in [1.807, 2.05) is 6.07 Å². The van der Waals surface area contributed by atoms with Gasteiger partial charge < -0.3 is 5.11 Å². The normalized spacial score (nSPS) is 10.0. The minimum atomic E-state index is -0.954. The van der Waals surface area contributed by atoms with Gasteiger partial charge in [0.05, 0.1) is 5.56 Å². The lowest BCUT2D eigenvalue weighted by molar-refractivity contribution is 0.0693. The third-order valence-corrected chi connectivity index (χ3v) is 3.40. The Balaban J connectivity index is 2.33. The summed E-state index contributed by atoms with van der Waals surface area (Å²) in [5.41, 5.74) is 0.840. The Kier molecular flexibility index (Phi) is 3.79. The van der Waals surface area contributed by atoms with Crippen molar-refractivity contribution in [1.82, 2.24) is 0 Å². The molecule has 0 amide bonds. The van der Waals surface area contributed by atoms with E-state index in [0.29, 0.717) is 10.5 Å². The molecule has 2 aromatic carbocycles. The van der Waals surface area contributed by atoms with Crippen LogP contribution in [0.15, 0.2) is 58.3 Å². The van der Waals surface area contributed by atoms with E-state index in [1.54, 1.807) is 42.5 Å². The van der Waals surface area contributed by atoms with E-state index in [-0.39, 0.29) is 5.56 Å². The minimum Gasteiger partial charge on any atom is -0.478 e. The van der Waals surface area contributed by atoms with Gasteiger partial charge in [-0.2, -0.15) is 0 Å². The molecule has 0 bridgehead atoms. The van der Waals surface area contributed by atoms with Crippen LogP contribution in [0.4, 0.5) is 0 Å². The molecule has 18 heavy (non-hydrogen) atoms. The molecule has 0 spiro atoms. The van der Waals surface area contributed by atoms with Crippen molar-refractivity contribution in [3.8, 4) is 0 Å². The summed E-state index contributed by atoms with van der Waals surface area (Å²) in [4.78, 5) is 23.2. The third-order valence-electron chi connectivity index (χ3n) is 2.34. The fraction of sp³-hybridized carbons (Fsp3) is 0. The van der Waals surface area contributed by atoms with Crippen molar-refractivity contribution in [3.63, 3.8) is 0 Å². The van der Waals surface area contributed by atoms with Gasteiger partial charge in [0.15, 0.2) is 0 Å². The van der Waals surface area contributed by atoms with E-state index in [4.69, 9.17) is 5.11 Å². The molecule has 4 heteroatoms. The van der Waals surface area contributed by atoms with Gasteiger partial charge in [0.1, 0.15) is 6.29 Å². The van der Waals surface area contributed by atoms with Crippen molar-refractivity contribution >= 4 is 24.0 Å². The van der Waals surface area contributed by atoms with Crippen LogP contribution < -0.4 is 0 Å². The summed E-state index contributed by atoms with van der Waals surface area (Å²) in [7, 11) is 0. The van der Waals surface area contributed by atoms with Crippen molar-refractivity contribution in [3.05, 3.63) is 59.7 Å². The van der Waals surface area contributed by atoms with Crippen LogP contribution in [0.1, 0.15) is 20.7 Å². The van der Waals surface area contributed by atoms with Crippen LogP contribution in [0.2, 0.25) is 0 Å². The number of aldehydes is 1. The van der Waals surface area contributed by atoms with E-state index < -0.39 is 5.97 Å². The first kappa shape index (κ1) is 12.4. The summed E-state index contributed by atoms with van der Waals surface area (Å²) in [5.74, 6) is -0.954.